The molecule has 0 saturated carbocycles. The van der Waals surface area contributed by atoms with Crippen molar-refractivity contribution >= 4 is 23.0 Å². The van der Waals surface area contributed by atoms with E-state index in [4.69, 9.17) is 0 Å². The predicted octanol–water partition coefficient (Wildman–Crippen LogP) is 5.04. The van der Waals surface area contributed by atoms with Gasteiger partial charge in [0.2, 0.25) is 11.6 Å². The van der Waals surface area contributed by atoms with E-state index in [9.17, 15) is 4.79 Å². The minimum Gasteiger partial charge on any atom is -0.288 e. The number of hydrogen-bond acceptors (Lipinski definition) is 1. The highest BCUT2D eigenvalue weighted by Gasteiger charge is 2.43. The first-order chi connectivity index (χ1) is 12.5. The molecule has 2 aromatic carbocycles. The molecule has 0 fully saturated rings. The summed E-state index contributed by atoms with van der Waals surface area (Å²) in [5.41, 5.74) is 4.62. The van der Waals surface area contributed by atoms with Gasteiger partial charge in [0.1, 0.15) is 6.54 Å². The van der Waals surface area contributed by atoms with Crippen LogP contribution >= 0.6 is 0 Å². The second-order valence-electron chi connectivity index (χ2n) is 7.22. The van der Waals surface area contributed by atoms with Gasteiger partial charge in [0.25, 0.3) is 0 Å². The van der Waals surface area contributed by atoms with Gasteiger partial charge >= 0.3 is 0 Å². The lowest BCUT2D eigenvalue weighted by Gasteiger charge is -2.18. The molecule has 1 aliphatic heterocycles. The second kappa shape index (κ2) is 7.28. The average molecular weight is 347 g/mol. The minimum absolute atomic E-state index is 0.00316. The number of carbonyl (C=O) groups is 1. The number of rotatable bonds is 5. The molecule has 0 unspecified atom stereocenters. The smallest absolute Gasteiger partial charge is 0.227 e. The zero-order valence-corrected chi connectivity index (χ0v) is 16.1. The molecule has 1 heterocycles. The third-order valence-corrected chi connectivity index (χ3v) is 5.00. The van der Waals surface area contributed by atoms with Crippen molar-refractivity contribution in [3.8, 4) is 0 Å². The maximum atomic E-state index is 12.2. The zero-order valence-electron chi connectivity index (χ0n) is 16.1. The molecule has 0 aromatic heterocycles. The second-order valence-corrected chi connectivity index (χ2v) is 7.22. The van der Waals surface area contributed by atoms with E-state index in [0.29, 0.717) is 0 Å². The first-order valence-electron chi connectivity index (χ1n) is 9.24. The molecular formula is C23H27N2O+. The Labute approximate surface area is 156 Å². The summed E-state index contributed by atoms with van der Waals surface area (Å²) in [6.07, 6.45) is 5.07. The summed E-state index contributed by atoms with van der Waals surface area (Å²) in [5.74, 6) is 0.00316. The summed E-state index contributed by atoms with van der Waals surface area (Å²) in [6, 6.07) is 18.4. The Morgan fingerprint density at radius 3 is 2.38 bits per heavy atom. The lowest BCUT2D eigenvalue weighted by Crippen LogP contribution is -2.29. The molecule has 0 spiro atoms. The van der Waals surface area contributed by atoms with Gasteiger partial charge in [-0.1, -0.05) is 43.3 Å². The zero-order chi connectivity index (χ0) is 18.7. The maximum Gasteiger partial charge on any atom is 0.227 e. The predicted molar refractivity (Wildman–Crippen MR) is 108 cm³/mol. The van der Waals surface area contributed by atoms with Crippen LogP contribution in [-0.2, 0) is 10.2 Å². The topological polar surface area (TPSA) is 23.3 Å². The van der Waals surface area contributed by atoms with Gasteiger partial charge in [-0.05, 0) is 26.0 Å². The number of anilines is 1. The van der Waals surface area contributed by atoms with Crippen LogP contribution in [0.3, 0.4) is 0 Å². The number of allylic oxidation sites excluding steroid dienone is 1. The number of hydrogen-bond donors (Lipinski definition) is 0. The van der Waals surface area contributed by atoms with Gasteiger partial charge in [-0.15, -0.1) is 0 Å². The summed E-state index contributed by atoms with van der Waals surface area (Å²) < 4.78 is 2.38. The molecule has 1 amide bonds. The molecule has 0 bridgehead atoms. The molecule has 0 saturated heterocycles. The van der Waals surface area contributed by atoms with E-state index in [0.717, 1.165) is 18.7 Å². The lowest BCUT2D eigenvalue weighted by atomic mass is 9.81. The van der Waals surface area contributed by atoms with E-state index < -0.39 is 0 Å². The number of amides is 1. The fourth-order valence-electron chi connectivity index (χ4n) is 3.71. The molecule has 2 aromatic rings. The largest absolute Gasteiger partial charge is 0.288 e. The molecular weight excluding hydrogens is 320 g/mol. The molecule has 3 nitrogen and oxygen atoms in total. The Morgan fingerprint density at radius 1 is 1.08 bits per heavy atom. The first-order valence-corrected chi connectivity index (χ1v) is 9.24. The number of carbonyl (C=O) groups excluding carboxylic acids is 1. The van der Waals surface area contributed by atoms with Crippen molar-refractivity contribution in [3.63, 3.8) is 0 Å². The first kappa shape index (κ1) is 18.1. The van der Waals surface area contributed by atoms with Crippen molar-refractivity contribution in [1.82, 2.24) is 0 Å². The Morgan fingerprint density at radius 2 is 1.73 bits per heavy atom. The Kier molecular flexibility index (Phi) is 5.08. The fourth-order valence-corrected chi connectivity index (χ4v) is 3.71. The van der Waals surface area contributed by atoms with Crippen LogP contribution in [-0.4, -0.2) is 22.7 Å². The summed E-state index contributed by atoms with van der Waals surface area (Å²) >= 11 is 0. The van der Waals surface area contributed by atoms with Crippen molar-refractivity contribution < 1.29 is 9.37 Å². The van der Waals surface area contributed by atoms with Crippen molar-refractivity contribution in [3.05, 3.63) is 72.4 Å². The third-order valence-electron chi connectivity index (χ3n) is 5.00. The number of benzene rings is 2. The normalized spacial score (nSPS) is 15.4. The van der Waals surface area contributed by atoms with E-state index in [1.807, 2.05) is 36.5 Å². The number of nitrogens with zero attached hydrogens (tertiary/aromatic N) is 2. The Hall–Kier alpha value is -2.68. The van der Waals surface area contributed by atoms with Crippen molar-refractivity contribution in [2.24, 2.45) is 0 Å². The minimum atomic E-state index is -0.0958. The van der Waals surface area contributed by atoms with Crippen LogP contribution in [0.15, 0.2) is 66.9 Å². The van der Waals surface area contributed by atoms with Gasteiger partial charge < -0.3 is 0 Å². The van der Waals surface area contributed by atoms with Crippen LogP contribution in [0, 0.1) is 0 Å². The molecule has 1 aliphatic rings. The molecule has 3 heteroatoms. The molecule has 0 aliphatic carbocycles. The highest BCUT2D eigenvalue weighted by molar-refractivity contribution is 6.04. The van der Waals surface area contributed by atoms with Crippen LogP contribution in [0.2, 0.25) is 0 Å². The quantitative estimate of drug-likeness (QED) is 0.695. The summed E-state index contributed by atoms with van der Waals surface area (Å²) in [7, 11) is 0. The van der Waals surface area contributed by atoms with Crippen LogP contribution in [0.1, 0.15) is 39.7 Å². The van der Waals surface area contributed by atoms with Gasteiger partial charge in [-0.3, -0.25) is 9.69 Å². The van der Waals surface area contributed by atoms with Crippen molar-refractivity contribution in [2.45, 2.75) is 39.5 Å². The van der Waals surface area contributed by atoms with Gasteiger partial charge in [0, 0.05) is 42.9 Å². The van der Waals surface area contributed by atoms with E-state index in [2.05, 4.69) is 55.7 Å². The van der Waals surface area contributed by atoms with Gasteiger partial charge in [0.15, 0.2) is 5.71 Å². The van der Waals surface area contributed by atoms with Gasteiger partial charge in [-0.25, -0.2) is 0 Å². The van der Waals surface area contributed by atoms with Crippen molar-refractivity contribution in [1.29, 1.82) is 0 Å². The van der Waals surface area contributed by atoms with Crippen LogP contribution in [0.5, 0.6) is 0 Å². The van der Waals surface area contributed by atoms with Crippen molar-refractivity contribution in [2.75, 3.05) is 11.4 Å². The van der Waals surface area contributed by atoms with E-state index >= 15 is 0 Å². The molecule has 134 valence electrons. The molecule has 0 N–H and O–H groups in total. The third kappa shape index (κ3) is 3.22. The molecule has 3 rings (SSSR count). The van der Waals surface area contributed by atoms with Crippen LogP contribution in [0.25, 0.3) is 0 Å². The fraction of sp³-hybridized carbons (Fsp3) is 0.304. The standard InChI is InChI=1S/C23H27N2O/c1-5-16-25-21-14-10-9-13-20(21)23(3,4)22(25)15-17-24(18(2)26)19-11-7-6-8-12-19/h6-15,17H,5,16H2,1-4H3/q+1. The number of fused-ring (bicyclic) bond motifs is 1. The Bertz CT molecular complexity index is 863. The van der Waals surface area contributed by atoms with Crippen LogP contribution < -0.4 is 4.90 Å². The summed E-state index contributed by atoms with van der Waals surface area (Å²) in [5, 5.41) is 0. The van der Waals surface area contributed by atoms with E-state index in [1.54, 1.807) is 11.8 Å². The molecule has 0 atom stereocenters. The average Bonchev–Trinajstić information content (AvgIpc) is 2.84. The van der Waals surface area contributed by atoms with Crippen LogP contribution in [0.4, 0.5) is 11.4 Å². The maximum absolute atomic E-state index is 12.2. The van der Waals surface area contributed by atoms with Gasteiger partial charge in [-0.2, -0.15) is 4.58 Å². The van der Waals surface area contributed by atoms with Gasteiger partial charge in [0.05, 0.1) is 5.41 Å². The Balaban J connectivity index is 2.05. The summed E-state index contributed by atoms with van der Waals surface area (Å²) in [4.78, 5) is 13.9. The summed E-state index contributed by atoms with van der Waals surface area (Å²) in [6.45, 7) is 9.26. The molecule has 26 heavy (non-hydrogen) atoms. The lowest BCUT2D eigenvalue weighted by molar-refractivity contribution is -0.437. The van der Waals surface area contributed by atoms with E-state index in [1.165, 1.54) is 17.0 Å². The SMILES string of the molecule is CCC[N+]1=C(C=CN(C(C)=O)c2ccccc2)C(C)(C)c2ccccc21. The highest BCUT2D eigenvalue weighted by Crippen LogP contribution is 2.39. The molecule has 0 radical (unpaired) electrons. The highest BCUT2D eigenvalue weighted by atomic mass is 16.2. The van der Waals surface area contributed by atoms with E-state index in [-0.39, 0.29) is 11.3 Å². The monoisotopic (exact) mass is 347 g/mol. The number of para-hydroxylation sites is 2.